The van der Waals surface area contributed by atoms with Crippen LogP contribution in [0.1, 0.15) is 17.2 Å². The summed E-state index contributed by atoms with van der Waals surface area (Å²) in [5.41, 5.74) is 3.38. The first kappa shape index (κ1) is 22.0. The summed E-state index contributed by atoms with van der Waals surface area (Å²) in [6.45, 7) is 2.02. The first-order valence-corrected chi connectivity index (χ1v) is 11.8. The predicted molar refractivity (Wildman–Crippen MR) is 122 cm³/mol. The maximum Gasteiger partial charge on any atom is 0.264 e. The third-order valence-electron chi connectivity index (χ3n) is 4.71. The van der Waals surface area contributed by atoms with E-state index in [1.165, 1.54) is 11.1 Å². The van der Waals surface area contributed by atoms with Crippen LogP contribution in [-0.2, 0) is 20.8 Å². The number of anilines is 1. The van der Waals surface area contributed by atoms with Crippen LogP contribution in [0.25, 0.3) is 0 Å². The lowest BCUT2D eigenvalue weighted by Crippen LogP contribution is -2.34. The Bertz CT molecular complexity index is 981. The van der Waals surface area contributed by atoms with Gasteiger partial charge < -0.3 is 5.32 Å². The van der Waals surface area contributed by atoms with Crippen molar-refractivity contribution in [2.24, 2.45) is 0 Å². The second kappa shape index (κ2) is 10.9. The standard InChI is InChI=1S/C24H28N2O3S/c1-30(27,28)29-18-17-26(19-21-11-5-2-6-12-21)20-24(22-13-7-3-8-14-22)25-23-15-9-4-10-16-23/h2-16,24-25H,17-20H2,1H3. The van der Waals surface area contributed by atoms with E-state index in [9.17, 15) is 8.42 Å². The molecule has 0 fully saturated rings. The van der Waals surface area contributed by atoms with Gasteiger partial charge in [0.05, 0.1) is 18.9 Å². The van der Waals surface area contributed by atoms with Gasteiger partial charge in [-0.25, -0.2) is 0 Å². The van der Waals surface area contributed by atoms with E-state index in [1.54, 1.807) is 0 Å². The molecular formula is C24H28N2O3S. The van der Waals surface area contributed by atoms with Crippen LogP contribution in [0.5, 0.6) is 0 Å². The Morgan fingerprint density at radius 1 is 0.867 bits per heavy atom. The molecule has 0 saturated heterocycles. The molecule has 6 heteroatoms. The van der Waals surface area contributed by atoms with Gasteiger partial charge in [0.25, 0.3) is 10.1 Å². The first-order valence-electron chi connectivity index (χ1n) is 9.97. The molecule has 5 nitrogen and oxygen atoms in total. The van der Waals surface area contributed by atoms with Crippen molar-refractivity contribution in [3.05, 3.63) is 102 Å². The third kappa shape index (κ3) is 7.63. The highest BCUT2D eigenvalue weighted by molar-refractivity contribution is 7.85. The molecule has 0 amide bonds. The molecule has 0 spiro atoms. The lowest BCUT2D eigenvalue weighted by Gasteiger charge is -2.29. The van der Waals surface area contributed by atoms with E-state index >= 15 is 0 Å². The topological polar surface area (TPSA) is 58.6 Å². The van der Waals surface area contributed by atoms with Gasteiger partial charge in [0.1, 0.15) is 0 Å². The van der Waals surface area contributed by atoms with Crippen molar-refractivity contribution in [3.63, 3.8) is 0 Å². The number of hydrogen-bond donors (Lipinski definition) is 1. The van der Waals surface area contributed by atoms with Gasteiger partial charge in [-0.3, -0.25) is 9.08 Å². The molecule has 1 N–H and O–H groups in total. The second-order valence-corrected chi connectivity index (χ2v) is 8.86. The van der Waals surface area contributed by atoms with Crippen LogP contribution < -0.4 is 5.32 Å². The van der Waals surface area contributed by atoms with Gasteiger partial charge in [-0.1, -0.05) is 78.9 Å². The predicted octanol–water partition coefficient (Wildman–Crippen LogP) is 4.32. The monoisotopic (exact) mass is 424 g/mol. The largest absolute Gasteiger partial charge is 0.377 e. The summed E-state index contributed by atoms with van der Waals surface area (Å²) in [6, 6.07) is 30.6. The van der Waals surface area contributed by atoms with Crippen molar-refractivity contribution in [1.82, 2.24) is 4.90 Å². The quantitative estimate of drug-likeness (QED) is 0.465. The zero-order valence-corrected chi connectivity index (χ0v) is 18.0. The van der Waals surface area contributed by atoms with Gasteiger partial charge in [0, 0.05) is 25.3 Å². The fraction of sp³-hybridized carbons (Fsp3) is 0.250. The molecule has 3 rings (SSSR count). The van der Waals surface area contributed by atoms with Crippen LogP contribution in [0.15, 0.2) is 91.0 Å². The average Bonchev–Trinajstić information content (AvgIpc) is 2.74. The highest BCUT2D eigenvalue weighted by Gasteiger charge is 2.17. The molecule has 0 radical (unpaired) electrons. The van der Waals surface area contributed by atoms with E-state index in [-0.39, 0.29) is 12.6 Å². The Morgan fingerprint density at radius 2 is 1.43 bits per heavy atom. The number of hydrogen-bond acceptors (Lipinski definition) is 5. The Labute approximate surface area is 179 Å². The Kier molecular flexibility index (Phi) is 8.02. The Balaban J connectivity index is 1.78. The molecule has 0 saturated carbocycles. The average molecular weight is 425 g/mol. The van der Waals surface area contributed by atoms with Gasteiger partial charge in [0.2, 0.25) is 0 Å². The molecule has 0 bridgehead atoms. The van der Waals surface area contributed by atoms with Crippen molar-refractivity contribution in [3.8, 4) is 0 Å². The van der Waals surface area contributed by atoms with E-state index in [1.807, 2.05) is 66.7 Å². The minimum atomic E-state index is -3.46. The van der Waals surface area contributed by atoms with Crippen molar-refractivity contribution < 1.29 is 12.6 Å². The lowest BCUT2D eigenvalue weighted by molar-refractivity contribution is 0.201. The second-order valence-electron chi connectivity index (χ2n) is 7.22. The molecule has 0 aliphatic rings. The summed E-state index contributed by atoms with van der Waals surface area (Å²) in [6.07, 6.45) is 1.08. The van der Waals surface area contributed by atoms with Crippen LogP contribution in [-0.4, -0.2) is 39.3 Å². The third-order valence-corrected chi connectivity index (χ3v) is 5.31. The van der Waals surface area contributed by atoms with Gasteiger partial charge >= 0.3 is 0 Å². The van der Waals surface area contributed by atoms with E-state index in [0.717, 1.165) is 11.9 Å². The van der Waals surface area contributed by atoms with Gasteiger partial charge in [-0.2, -0.15) is 8.42 Å². The fourth-order valence-electron chi connectivity index (χ4n) is 3.31. The summed E-state index contributed by atoms with van der Waals surface area (Å²) in [5.74, 6) is 0. The number of para-hydroxylation sites is 1. The van der Waals surface area contributed by atoms with Crippen LogP contribution in [0.3, 0.4) is 0 Å². The van der Waals surface area contributed by atoms with Crippen molar-refractivity contribution in [2.75, 3.05) is 31.3 Å². The number of benzene rings is 3. The SMILES string of the molecule is CS(=O)(=O)OCCN(Cc1ccccc1)CC(Nc1ccccc1)c1ccccc1. The van der Waals surface area contributed by atoms with E-state index in [2.05, 4.69) is 34.5 Å². The van der Waals surface area contributed by atoms with E-state index in [4.69, 9.17) is 4.18 Å². The highest BCUT2D eigenvalue weighted by Crippen LogP contribution is 2.21. The van der Waals surface area contributed by atoms with Gasteiger partial charge in [-0.15, -0.1) is 0 Å². The van der Waals surface area contributed by atoms with Crippen LogP contribution in [0.4, 0.5) is 5.69 Å². The Hall–Kier alpha value is -2.67. The maximum atomic E-state index is 11.4. The maximum absolute atomic E-state index is 11.4. The van der Waals surface area contributed by atoms with Gasteiger partial charge in [0.15, 0.2) is 0 Å². The molecule has 3 aromatic carbocycles. The normalized spacial score (nSPS) is 12.6. The number of nitrogens with zero attached hydrogens (tertiary/aromatic N) is 1. The summed E-state index contributed by atoms with van der Waals surface area (Å²) in [4.78, 5) is 2.22. The molecule has 0 aliphatic heterocycles. The fourth-order valence-corrected chi connectivity index (χ4v) is 3.69. The minimum Gasteiger partial charge on any atom is -0.377 e. The molecule has 158 valence electrons. The van der Waals surface area contributed by atoms with E-state index in [0.29, 0.717) is 19.6 Å². The molecular weight excluding hydrogens is 396 g/mol. The van der Waals surface area contributed by atoms with Crippen LogP contribution in [0, 0.1) is 0 Å². The van der Waals surface area contributed by atoms with Crippen LogP contribution >= 0.6 is 0 Å². The summed E-state index contributed by atoms with van der Waals surface area (Å²) >= 11 is 0. The highest BCUT2D eigenvalue weighted by atomic mass is 32.2. The van der Waals surface area contributed by atoms with Gasteiger partial charge in [-0.05, 0) is 23.3 Å². The van der Waals surface area contributed by atoms with Crippen molar-refractivity contribution in [2.45, 2.75) is 12.6 Å². The zero-order valence-electron chi connectivity index (χ0n) is 17.1. The molecule has 0 aliphatic carbocycles. The number of rotatable bonds is 11. The summed E-state index contributed by atoms with van der Waals surface area (Å²) < 4.78 is 27.8. The minimum absolute atomic E-state index is 0.0375. The van der Waals surface area contributed by atoms with Crippen molar-refractivity contribution in [1.29, 1.82) is 0 Å². The lowest BCUT2D eigenvalue weighted by atomic mass is 10.1. The van der Waals surface area contributed by atoms with Crippen molar-refractivity contribution >= 4 is 15.8 Å². The summed E-state index contributed by atoms with van der Waals surface area (Å²) in [5, 5.41) is 3.62. The number of nitrogens with one attached hydrogen (secondary N) is 1. The smallest absolute Gasteiger partial charge is 0.264 e. The molecule has 0 aromatic heterocycles. The zero-order chi connectivity index (χ0) is 21.2. The Morgan fingerprint density at radius 3 is 2.03 bits per heavy atom. The summed E-state index contributed by atoms with van der Waals surface area (Å²) in [7, 11) is -3.46. The molecule has 1 unspecified atom stereocenters. The molecule has 30 heavy (non-hydrogen) atoms. The first-order chi connectivity index (χ1) is 14.5. The molecule has 3 aromatic rings. The van der Waals surface area contributed by atoms with Crippen LogP contribution in [0.2, 0.25) is 0 Å². The van der Waals surface area contributed by atoms with E-state index < -0.39 is 10.1 Å². The molecule has 1 atom stereocenters. The molecule has 0 heterocycles.